The second-order valence-electron chi connectivity index (χ2n) is 11.1. The van der Waals surface area contributed by atoms with E-state index in [1.165, 1.54) is 0 Å². The smallest absolute Gasteiger partial charge is 0.142 e. The molecule has 0 aliphatic carbocycles. The van der Waals surface area contributed by atoms with Crippen molar-refractivity contribution in [2.75, 3.05) is 0 Å². The molecule has 49 heavy (non-hydrogen) atoms. The van der Waals surface area contributed by atoms with Crippen LogP contribution in [0.2, 0.25) is 0 Å². The van der Waals surface area contributed by atoms with Crippen molar-refractivity contribution >= 4 is 0 Å². The van der Waals surface area contributed by atoms with Gasteiger partial charge in [0.1, 0.15) is 23.1 Å². The number of aromatic nitrogens is 4. The molecule has 0 aliphatic heterocycles. The Morgan fingerprint density at radius 1 is 0.347 bits per heavy atom. The maximum atomic E-state index is 10.1. The third-order valence-corrected chi connectivity index (χ3v) is 7.95. The fourth-order valence-corrected chi connectivity index (χ4v) is 5.59. The second-order valence-corrected chi connectivity index (χ2v) is 11.1. The van der Waals surface area contributed by atoms with Crippen molar-refractivity contribution in [3.8, 4) is 79.3 Å². The Bertz CT molecular complexity index is 1970. The van der Waals surface area contributed by atoms with Crippen LogP contribution in [0.5, 0.6) is 11.5 Å². The molecule has 0 amide bonds. The largest absolute Gasteiger partial charge is 0.507 e. The summed E-state index contributed by atoms with van der Waals surface area (Å²) in [7, 11) is 0. The minimum Gasteiger partial charge on any atom is -0.507 e. The fraction of sp³-hybridized carbons (Fsp3) is 0. The van der Waals surface area contributed by atoms with Crippen molar-refractivity contribution in [3.63, 3.8) is 0 Å². The number of para-hydroxylation sites is 2. The summed E-state index contributed by atoms with van der Waals surface area (Å²) in [4.78, 5) is 16.3. The molecule has 1 radical (unpaired) electrons. The van der Waals surface area contributed by atoms with Crippen LogP contribution in [0.4, 0.5) is 0 Å². The summed E-state index contributed by atoms with van der Waals surface area (Å²) in [5.74, 6) is 1.74. The van der Waals surface area contributed by atoms with Crippen molar-refractivity contribution in [3.05, 3.63) is 170 Å². The molecule has 6 nitrogen and oxygen atoms in total. The van der Waals surface area contributed by atoms with Crippen LogP contribution in [0, 0.1) is 0 Å². The van der Waals surface area contributed by atoms with Gasteiger partial charge in [0.05, 0.1) is 33.9 Å². The van der Waals surface area contributed by atoms with E-state index in [2.05, 4.69) is 34.2 Å². The maximum Gasteiger partial charge on any atom is 0.142 e. The summed E-state index contributed by atoms with van der Waals surface area (Å²) in [6.45, 7) is 0. The van der Waals surface area contributed by atoms with E-state index in [1.807, 2.05) is 121 Å². The molecule has 7 heteroatoms. The van der Waals surface area contributed by atoms with Crippen LogP contribution in [0.15, 0.2) is 170 Å². The Morgan fingerprint density at radius 2 is 0.633 bits per heavy atom. The van der Waals surface area contributed by atoms with Crippen LogP contribution in [0.1, 0.15) is 0 Å². The third-order valence-electron chi connectivity index (χ3n) is 7.95. The molecular weight excluding hydrogens is 651 g/mol. The maximum absolute atomic E-state index is 10.1. The number of phenols is 2. The molecule has 8 aromatic rings. The van der Waals surface area contributed by atoms with Gasteiger partial charge in [0.15, 0.2) is 0 Å². The number of imidazole rings is 2. The number of hydrogen-bond donors (Lipinski definition) is 4. The number of aromatic hydroxyl groups is 2. The molecule has 8 rings (SSSR count). The quantitative estimate of drug-likeness (QED) is 0.140. The topological polar surface area (TPSA) is 97.8 Å². The molecule has 0 saturated carbocycles. The van der Waals surface area contributed by atoms with E-state index in [4.69, 9.17) is 9.97 Å². The molecule has 2 heterocycles. The first-order chi connectivity index (χ1) is 23.7. The number of nitrogens with one attached hydrogen (secondary N) is 2. The van der Waals surface area contributed by atoms with Gasteiger partial charge in [-0.3, -0.25) is 0 Å². The average Bonchev–Trinajstić information content (AvgIpc) is 3.80. The van der Waals surface area contributed by atoms with Crippen LogP contribution in [0.3, 0.4) is 0 Å². The molecule has 241 valence electrons. The van der Waals surface area contributed by atoms with E-state index < -0.39 is 0 Å². The molecule has 0 atom stereocenters. The fourth-order valence-electron chi connectivity index (χ4n) is 5.59. The molecule has 0 saturated heterocycles. The van der Waals surface area contributed by atoms with E-state index >= 15 is 0 Å². The normalized spacial score (nSPS) is 10.4. The number of hydrogen-bond acceptors (Lipinski definition) is 4. The first-order valence-corrected chi connectivity index (χ1v) is 15.6. The first-order valence-electron chi connectivity index (χ1n) is 15.6. The molecule has 0 spiro atoms. The van der Waals surface area contributed by atoms with E-state index in [9.17, 15) is 10.2 Å². The molecular formula is C42H32CoN4O2. The zero-order valence-corrected chi connectivity index (χ0v) is 27.3. The summed E-state index contributed by atoms with van der Waals surface area (Å²) >= 11 is 0. The van der Waals surface area contributed by atoms with Crippen LogP contribution < -0.4 is 0 Å². The number of nitrogens with zero attached hydrogens (tertiary/aromatic N) is 2. The minimum absolute atomic E-state index is 0. The molecule has 2 aromatic heterocycles. The van der Waals surface area contributed by atoms with E-state index in [0.717, 1.165) is 45.0 Å². The first kappa shape index (κ1) is 32.8. The molecule has 0 bridgehead atoms. The van der Waals surface area contributed by atoms with Crippen molar-refractivity contribution in [2.45, 2.75) is 0 Å². The standard InChI is InChI=1S/2C21H16N2O.Co/c2*24-18-14-8-7-13-17(18)21-22-19(15-9-3-1-4-10-15)20(23-21)16-11-5-2-6-12-16;/h2*1-14,24H,(H,22,23);. The summed E-state index contributed by atoms with van der Waals surface area (Å²) in [6, 6.07) is 54.8. The number of phenolic OH excluding ortho intramolecular Hbond substituents is 2. The van der Waals surface area contributed by atoms with Crippen LogP contribution in [-0.2, 0) is 16.8 Å². The van der Waals surface area contributed by atoms with E-state index in [1.54, 1.807) is 24.3 Å². The van der Waals surface area contributed by atoms with E-state index in [-0.39, 0.29) is 28.3 Å². The number of rotatable bonds is 6. The van der Waals surface area contributed by atoms with Gasteiger partial charge in [-0.25, -0.2) is 9.97 Å². The van der Waals surface area contributed by atoms with Gasteiger partial charge in [0, 0.05) is 39.0 Å². The van der Waals surface area contributed by atoms with Crippen molar-refractivity contribution in [2.24, 2.45) is 0 Å². The Hall–Kier alpha value is -6.15. The Kier molecular flexibility index (Phi) is 10.1. The van der Waals surface area contributed by atoms with Crippen molar-refractivity contribution in [1.29, 1.82) is 0 Å². The number of H-pyrrole nitrogens is 2. The van der Waals surface area contributed by atoms with Crippen LogP contribution >= 0.6 is 0 Å². The predicted molar refractivity (Wildman–Crippen MR) is 193 cm³/mol. The zero-order valence-electron chi connectivity index (χ0n) is 26.3. The van der Waals surface area contributed by atoms with E-state index in [0.29, 0.717) is 22.8 Å². The SMILES string of the molecule is Oc1ccccc1-c1nc(-c2ccccc2)c(-c2ccccc2)[nH]1.Oc1ccccc1-c1nc(-c2ccccc2)c(-c2ccccc2)[nH]1.[Co]. The van der Waals surface area contributed by atoms with Gasteiger partial charge >= 0.3 is 0 Å². The third kappa shape index (κ3) is 7.23. The van der Waals surface area contributed by atoms with Gasteiger partial charge in [0.2, 0.25) is 0 Å². The molecule has 4 N–H and O–H groups in total. The molecule has 0 aliphatic rings. The Labute approximate surface area is 295 Å². The predicted octanol–water partition coefficient (Wildman–Crippen LogP) is 10.2. The second kappa shape index (κ2) is 15.2. The number of benzene rings is 6. The number of aromatic amines is 2. The summed E-state index contributed by atoms with van der Waals surface area (Å²) < 4.78 is 0. The summed E-state index contributed by atoms with van der Waals surface area (Å²) in [5.41, 5.74) is 9.22. The Morgan fingerprint density at radius 3 is 0.959 bits per heavy atom. The van der Waals surface area contributed by atoms with Gasteiger partial charge in [-0.2, -0.15) is 0 Å². The van der Waals surface area contributed by atoms with Gasteiger partial charge in [-0.15, -0.1) is 0 Å². The van der Waals surface area contributed by atoms with Crippen LogP contribution in [-0.4, -0.2) is 30.1 Å². The van der Waals surface area contributed by atoms with Gasteiger partial charge in [-0.1, -0.05) is 146 Å². The van der Waals surface area contributed by atoms with Crippen LogP contribution in [0.25, 0.3) is 67.8 Å². The summed E-state index contributed by atoms with van der Waals surface area (Å²) in [5, 5.41) is 20.3. The van der Waals surface area contributed by atoms with Gasteiger partial charge < -0.3 is 20.2 Å². The Balaban J connectivity index is 0.000000167. The van der Waals surface area contributed by atoms with Crippen molar-refractivity contribution in [1.82, 2.24) is 19.9 Å². The summed E-state index contributed by atoms with van der Waals surface area (Å²) in [6.07, 6.45) is 0. The monoisotopic (exact) mass is 683 g/mol. The molecule has 6 aromatic carbocycles. The average molecular weight is 684 g/mol. The van der Waals surface area contributed by atoms with Crippen molar-refractivity contribution < 1.29 is 27.0 Å². The minimum atomic E-state index is 0. The van der Waals surface area contributed by atoms with Gasteiger partial charge in [0.25, 0.3) is 0 Å². The molecule has 0 fully saturated rings. The zero-order chi connectivity index (χ0) is 32.7. The van der Waals surface area contributed by atoms with Gasteiger partial charge in [-0.05, 0) is 24.3 Å². The molecule has 0 unspecified atom stereocenters.